The molecule has 1 aliphatic carbocycles. The highest BCUT2D eigenvalue weighted by molar-refractivity contribution is 7.89. The highest BCUT2D eigenvalue weighted by Crippen LogP contribution is 2.26. The van der Waals surface area contributed by atoms with E-state index >= 15 is 0 Å². The van der Waals surface area contributed by atoms with Crippen LogP contribution in [0.2, 0.25) is 0 Å². The molecule has 2 rings (SSSR count). The van der Waals surface area contributed by atoms with Crippen LogP contribution in [0, 0.1) is 12.7 Å². The van der Waals surface area contributed by atoms with Crippen LogP contribution < -0.4 is 10.5 Å². The van der Waals surface area contributed by atoms with Crippen LogP contribution in [0.25, 0.3) is 0 Å². The van der Waals surface area contributed by atoms with Crippen molar-refractivity contribution in [2.24, 2.45) is 5.73 Å². The molecule has 0 amide bonds. The normalized spacial score (nSPS) is 22.1. The Morgan fingerprint density at radius 1 is 1.43 bits per heavy atom. The van der Waals surface area contributed by atoms with Gasteiger partial charge in [0.05, 0.1) is 11.0 Å². The molecule has 5 nitrogen and oxygen atoms in total. The Hall–Kier alpha value is -1.02. The Labute approximate surface area is 124 Å². The van der Waals surface area contributed by atoms with Gasteiger partial charge in [-0.05, 0) is 44.4 Å². The molecular formula is C14H21FN2O3S. The van der Waals surface area contributed by atoms with E-state index in [0.29, 0.717) is 19.4 Å². The number of hydrogen-bond donors (Lipinski definition) is 2. The summed E-state index contributed by atoms with van der Waals surface area (Å²) in [5.41, 5.74) is 5.93. The molecule has 0 heterocycles. The van der Waals surface area contributed by atoms with Crippen molar-refractivity contribution in [1.82, 2.24) is 4.72 Å². The third-order valence-corrected chi connectivity index (χ3v) is 5.15. The smallest absolute Gasteiger partial charge is 0.240 e. The van der Waals surface area contributed by atoms with E-state index in [-0.39, 0.29) is 34.7 Å². The first-order chi connectivity index (χ1) is 9.87. The maximum atomic E-state index is 13.7. The van der Waals surface area contributed by atoms with Gasteiger partial charge in [0.15, 0.2) is 0 Å². The molecule has 1 aromatic rings. The van der Waals surface area contributed by atoms with Crippen LogP contribution in [0.1, 0.15) is 30.9 Å². The molecule has 0 aliphatic heterocycles. The van der Waals surface area contributed by atoms with E-state index in [1.54, 1.807) is 0 Å². The zero-order valence-electron chi connectivity index (χ0n) is 12.2. The first-order valence-corrected chi connectivity index (χ1v) is 8.48. The number of nitrogens with one attached hydrogen (secondary N) is 1. The van der Waals surface area contributed by atoms with Gasteiger partial charge < -0.3 is 10.5 Å². The fraction of sp³-hybridized carbons (Fsp3) is 0.571. The second kappa shape index (κ2) is 6.39. The van der Waals surface area contributed by atoms with E-state index in [9.17, 15) is 12.8 Å². The summed E-state index contributed by atoms with van der Waals surface area (Å²) in [6.07, 6.45) is 1.45. The van der Waals surface area contributed by atoms with Crippen molar-refractivity contribution in [3.05, 3.63) is 29.1 Å². The van der Waals surface area contributed by atoms with E-state index in [2.05, 4.69) is 4.72 Å². The van der Waals surface area contributed by atoms with Gasteiger partial charge in [0.1, 0.15) is 5.82 Å². The first-order valence-electron chi connectivity index (χ1n) is 7.00. The molecular weight excluding hydrogens is 295 g/mol. The van der Waals surface area contributed by atoms with Crippen molar-refractivity contribution in [3.8, 4) is 0 Å². The molecule has 118 valence electrons. The van der Waals surface area contributed by atoms with Crippen molar-refractivity contribution in [3.63, 3.8) is 0 Å². The third-order valence-electron chi connectivity index (χ3n) is 3.65. The Bertz CT molecular complexity index is 613. The second-order valence-corrected chi connectivity index (χ2v) is 7.00. The maximum absolute atomic E-state index is 13.7. The van der Waals surface area contributed by atoms with Crippen molar-refractivity contribution in [2.45, 2.75) is 50.3 Å². The number of ether oxygens (including phenoxy) is 1. The molecule has 0 spiro atoms. The molecule has 1 saturated carbocycles. The molecule has 1 aromatic carbocycles. The molecule has 21 heavy (non-hydrogen) atoms. The summed E-state index contributed by atoms with van der Waals surface area (Å²) in [6, 6.07) is 2.50. The molecule has 1 aliphatic rings. The van der Waals surface area contributed by atoms with Crippen LogP contribution in [0.15, 0.2) is 17.0 Å². The van der Waals surface area contributed by atoms with Crippen LogP contribution >= 0.6 is 0 Å². The molecule has 0 aromatic heterocycles. The number of aryl methyl sites for hydroxylation is 1. The summed E-state index contributed by atoms with van der Waals surface area (Å²) in [6.45, 7) is 4.03. The average molecular weight is 316 g/mol. The van der Waals surface area contributed by atoms with Crippen LogP contribution in [0.3, 0.4) is 0 Å². The van der Waals surface area contributed by atoms with Crippen molar-refractivity contribution in [1.29, 1.82) is 0 Å². The van der Waals surface area contributed by atoms with E-state index in [4.69, 9.17) is 10.5 Å². The van der Waals surface area contributed by atoms with Crippen LogP contribution in [-0.4, -0.2) is 27.2 Å². The topological polar surface area (TPSA) is 81.4 Å². The molecule has 0 atom stereocenters. The lowest BCUT2D eigenvalue weighted by atomic mass is 9.90. The van der Waals surface area contributed by atoms with Gasteiger partial charge in [-0.3, -0.25) is 0 Å². The summed E-state index contributed by atoms with van der Waals surface area (Å²) < 4.78 is 46.4. The van der Waals surface area contributed by atoms with E-state index in [1.807, 2.05) is 6.92 Å². The molecule has 0 unspecified atom stereocenters. The fourth-order valence-corrected chi connectivity index (χ4v) is 3.83. The summed E-state index contributed by atoms with van der Waals surface area (Å²) in [7, 11) is -3.66. The fourth-order valence-electron chi connectivity index (χ4n) is 2.43. The summed E-state index contributed by atoms with van der Waals surface area (Å²) in [5, 5.41) is 0. The molecule has 0 radical (unpaired) electrons. The molecule has 0 bridgehead atoms. The highest BCUT2D eigenvalue weighted by Gasteiger charge is 2.33. The van der Waals surface area contributed by atoms with Gasteiger partial charge in [-0.25, -0.2) is 17.5 Å². The summed E-state index contributed by atoms with van der Waals surface area (Å²) in [4.78, 5) is 0.0571. The molecule has 3 N–H and O–H groups in total. The minimum atomic E-state index is -3.66. The van der Waals surface area contributed by atoms with Crippen LogP contribution in [0.5, 0.6) is 0 Å². The minimum Gasteiger partial charge on any atom is -0.378 e. The third kappa shape index (κ3) is 3.60. The Morgan fingerprint density at radius 2 is 2.10 bits per heavy atom. The summed E-state index contributed by atoms with van der Waals surface area (Å²) >= 11 is 0. The van der Waals surface area contributed by atoms with Crippen molar-refractivity contribution in [2.75, 3.05) is 6.61 Å². The predicted molar refractivity (Wildman–Crippen MR) is 77.8 cm³/mol. The van der Waals surface area contributed by atoms with Crippen molar-refractivity contribution < 1.29 is 17.5 Å². The predicted octanol–water partition coefficient (Wildman–Crippen LogP) is 1.44. The van der Waals surface area contributed by atoms with Crippen LogP contribution in [0.4, 0.5) is 4.39 Å². The van der Waals surface area contributed by atoms with Gasteiger partial charge in [-0.2, -0.15) is 0 Å². The standard InChI is InChI=1S/C14H21FN2O3S/c1-3-20-12-6-11(7-12)17-21(18,19)13-4-9(2)14(15)10(5-13)8-16/h4-5,11-12,17H,3,6-8,16H2,1-2H3. The van der Waals surface area contributed by atoms with Gasteiger partial charge in [0, 0.05) is 24.8 Å². The quantitative estimate of drug-likeness (QED) is 0.832. The first kappa shape index (κ1) is 16.4. The SMILES string of the molecule is CCOC1CC(NS(=O)(=O)c2cc(C)c(F)c(CN)c2)C1. The Balaban J connectivity index is 2.12. The Morgan fingerprint density at radius 3 is 2.67 bits per heavy atom. The Kier molecular flexibility index (Phi) is 4.98. The lowest BCUT2D eigenvalue weighted by Gasteiger charge is -2.35. The second-order valence-electron chi connectivity index (χ2n) is 5.28. The van der Waals surface area contributed by atoms with Gasteiger partial charge in [0.2, 0.25) is 10.0 Å². The van der Waals surface area contributed by atoms with Gasteiger partial charge in [-0.1, -0.05) is 0 Å². The summed E-state index contributed by atoms with van der Waals surface area (Å²) in [5.74, 6) is -0.448. The maximum Gasteiger partial charge on any atom is 0.240 e. The van der Waals surface area contributed by atoms with Gasteiger partial charge in [0.25, 0.3) is 0 Å². The lowest BCUT2D eigenvalue weighted by Crippen LogP contribution is -2.47. The number of halogens is 1. The van der Waals surface area contributed by atoms with E-state index < -0.39 is 15.8 Å². The average Bonchev–Trinajstić information content (AvgIpc) is 2.39. The van der Waals surface area contributed by atoms with Gasteiger partial charge >= 0.3 is 0 Å². The van der Waals surface area contributed by atoms with Gasteiger partial charge in [-0.15, -0.1) is 0 Å². The van der Waals surface area contributed by atoms with E-state index in [0.717, 1.165) is 0 Å². The number of sulfonamides is 1. The minimum absolute atomic E-state index is 0.0358. The largest absolute Gasteiger partial charge is 0.378 e. The number of hydrogen-bond acceptors (Lipinski definition) is 4. The van der Waals surface area contributed by atoms with Crippen molar-refractivity contribution >= 4 is 10.0 Å². The monoisotopic (exact) mass is 316 g/mol. The number of nitrogens with two attached hydrogens (primary N) is 1. The number of benzene rings is 1. The zero-order chi connectivity index (χ0) is 15.6. The number of rotatable bonds is 6. The molecule has 7 heteroatoms. The zero-order valence-corrected chi connectivity index (χ0v) is 13.0. The lowest BCUT2D eigenvalue weighted by molar-refractivity contribution is -0.00475. The van der Waals surface area contributed by atoms with Crippen LogP contribution in [-0.2, 0) is 21.3 Å². The van der Waals surface area contributed by atoms with E-state index in [1.165, 1.54) is 19.1 Å². The molecule has 1 fully saturated rings. The highest BCUT2D eigenvalue weighted by atomic mass is 32.2. The molecule has 0 saturated heterocycles.